The summed E-state index contributed by atoms with van der Waals surface area (Å²) in [4.78, 5) is 2.70. The van der Waals surface area contributed by atoms with E-state index in [1.807, 2.05) is 7.11 Å². The molecule has 1 aliphatic carbocycles. The van der Waals surface area contributed by atoms with Crippen molar-refractivity contribution < 1.29 is 4.74 Å². The van der Waals surface area contributed by atoms with Crippen LogP contribution in [0, 0.1) is 5.92 Å². The Bertz CT molecular complexity index is 202. The zero-order valence-corrected chi connectivity index (χ0v) is 10.7. The van der Waals surface area contributed by atoms with Gasteiger partial charge in [0.05, 0.1) is 6.61 Å². The van der Waals surface area contributed by atoms with Gasteiger partial charge in [-0.1, -0.05) is 0 Å². The van der Waals surface area contributed by atoms with Gasteiger partial charge < -0.3 is 15.0 Å². The number of nitrogens with zero attached hydrogens (tertiary/aromatic N) is 1. The predicted molar refractivity (Wildman–Crippen MR) is 66.7 cm³/mol. The Morgan fingerprint density at radius 3 is 2.56 bits per heavy atom. The standard InChI is InChI=1S/C13H26N2O/c1-14-12-3-5-13(6-4-12)15-8-7-11(9-15)10-16-2/h11-14H,3-10H2,1-2H3. The van der Waals surface area contributed by atoms with Crippen LogP contribution in [0.15, 0.2) is 0 Å². The van der Waals surface area contributed by atoms with Crippen molar-refractivity contribution in [1.29, 1.82) is 0 Å². The van der Waals surface area contributed by atoms with E-state index < -0.39 is 0 Å². The average molecular weight is 226 g/mol. The van der Waals surface area contributed by atoms with Crippen LogP contribution in [-0.2, 0) is 4.74 Å². The van der Waals surface area contributed by atoms with Crippen molar-refractivity contribution in [2.24, 2.45) is 5.92 Å². The molecule has 2 rings (SSSR count). The molecule has 3 heteroatoms. The zero-order chi connectivity index (χ0) is 11.4. The van der Waals surface area contributed by atoms with Gasteiger partial charge in [0.2, 0.25) is 0 Å². The number of methoxy groups -OCH3 is 1. The molecule has 2 fully saturated rings. The smallest absolute Gasteiger partial charge is 0.0503 e. The van der Waals surface area contributed by atoms with E-state index in [0.717, 1.165) is 24.6 Å². The molecule has 0 amide bonds. The van der Waals surface area contributed by atoms with Crippen molar-refractivity contribution in [2.75, 3.05) is 33.9 Å². The molecule has 0 aromatic heterocycles. The SMILES string of the molecule is CNC1CCC(N2CCC(COC)C2)CC1. The van der Waals surface area contributed by atoms with E-state index in [0.29, 0.717) is 0 Å². The second-order valence-corrected chi connectivity index (χ2v) is 5.40. The van der Waals surface area contributed by atoms with Gasteiger partial charge >= 0.3 is 0 Å². The first-order valence-corrected chi connectivity index (χ1v) is 6.73. The van der Waals surface area contributed by atoms with E-state index in [1.54, 1.807) is 0 Å². The van der Waals surface area contributed by atoms with Crippen LogP contribution < -0.4 is 5.32 Å². The number of hydrogen-bond acceptors (Lipinski definition) is 3. The number of ether oxygens (including phenoxy) is 1. The largest absolute Gasteiger partial charge is 0.384 e. The summed E-state index contributed by atoms with van der Waals surface area (Å²) >= 11 is 0. The minimum Gasteiger partial charge on any atom is -0.384 e. The molecule has 3 nitrogen and oxygen atoms in total. The quantitative estimate of drug-likeness (QED) is 0.786. The topological polar surface area (TPSA) is 24.5 Å². The Morgan fingerprint density at radius 2 is 1.94 bits per heavy atom. The number of hydrogen-bond donors (Lipinski definition) is 1. The third-order valence-corrected chi connectivity index (χ3v) is 4.34. The fourth-order valence-electron chi connectivity index (χ4n) is 3.30. The van der Waals surface area contributed by atoms with Gasteiger partial charge in [-0.15, -0.1) is 0 Å². The molecule has 2 aliphatic rings. The lowest BCUT2D eigenvalue weighted by Crippen LogP contribution is -2.40. The van der Waals surface area contributed by atoms with Crippen LogP contribution in [-0.4, -0.2) is 50.8 Å². The predicted octanol–water partition coefficient (Wildman–Crippen LogP) is 1.49. The first kappa shape index (κ1) is 12.3. The maximum Gasteiger partial charge on any atom is 0.0503 e. The average Bonchev–Trinajstić information content (AvgIpc) is 2.78. The third-order valence-electron chi connectivity index (χ3n) is 4.34. The van der Waals surface area contributed by atoms with Crippen LogP contribution in [0.5, 0.6) is 0 Å². The molecule has 1 saturated heterocycles. The van der Waals surface area contributed by atoms with E-state index in [-0.39, 0.29) is 0 Å². The molecule has 1 atom stereocenters. The molecule has 0 aromatic carbocycles. The van der Waals surface area contributed by atoms with Crippen molar-refractivity contribution in [3.05, 3.63) is 0 Å². The van der Waals surface area contributed by atoms with E-state index in [9.17, 15) is 0 Å². The summed E-state index contributed by atoms with van der Waals surface area (Å²) in [5, 5.41) is 3.41. The van der Waals surface area contributed by atoms with Crippen LogP contribution in [0.2, 0.25) is 0 Å². The molecule has 1 aliphatic heterocycles. The summed E-state index contributed by atoms with van der Waals surface area (Å²) in [6, 6.07) is 1.63. The van der Waals surface area contributed by atoms with Gasteiger partial charge in [0.15, 0.2) is 0 Å². The molecule has 0 radical (unpaired) electrons. The normalized spacial score (nSPS) is 36.8. The van der Waals surface area contributed by atoms with E-state index in [2.05, 4.69) is 17.3 Å². The molecular formula is C13H26N2O. The Hall–Kier alpha value is -0.120. The Balaban J connectivity index is 1.73. The highest BCUT2D eigenvalue weighted by molar-refractivity contribution is 4.86. The molecule has 1 N–H and O–H groups in total. The highest BCUT2D eigenvalue weighted by atomic mass is 16.5. The highest BCUT2D eigenvalue weighted by Gasteiger charge is 2.30. The monoisotopic (exact) mass is 226 g/mol. The minimum absolute atomic E-state index is 0.772. The van der Waals surface area contributed by atoms with Gasteiger partial charge in [-0.05, 0) is 51.6 Å². The van der Waals surface area contributed by atoms with Gasteiger partial charge in [0, 0.05) is 25.7 Å². The van der Waals surface area contributed by atoms with Crippen molar-refractivity contribution in [1.82, 2.24) is 10.2 Å². The summed E-state index contributed by atoms with van der Waals surface area (Å²) in [7, 11) is 3.91. The Morgan fingerprint density at radius 1 is 1.19 bits per heavy atom. The zero-order valence-electron chi connectivity index (χ0n) is 10.7. The molecule has 94 valence electrons. The van der Waals surface area contributed by atoms with Gasteiger partial charge in [-0.25, -0.2) is 0 Å². The second-order valence-electron chi connectivity index (χ2n) is 5.40. The second kappa shape index (κ2) is 5.99. The molecule has 16 heavy (non-hydrogen) atoms. The van der Waals surface area contributed by atoms with Crippen molar-refractivity contribution in [2.45, 2.75) is 44.2 Å². The molecule has 1 saturated carbocycles. The lowest BCUT2D eigenvalue weighted by molar-refractivity contribution is 0.135. The summed E-state index contributed by atoms with van der Waals surface area (Å²) in [5.41, 5.74) is 0. The lowest BCUT2D eigenvalue weighted by Gasteiger charge is -2.34. The number of nitrogens with one attached hydrogen (secondary N) is 1. The van der Waals surface area contributed by atoms with Gasteiger partial charge in [0.1, 0.15) is 0 Å². The van der Waals surface area contributed by atoms with Crippen LogP contribution in [0.1, 0.15) is 32.1 Å². The third kappa shape index (κ3) is 2.96. The summed E-state index contributed by atoms with van der Waals surface area (Å²) < 4.78 is 5.26. The first-order valence-electron chi connectivity index (χ1n) is 6.73. The molecule has 0 bridgehead atoms. The number of rotatable bonds is 4. The Labute approximate surface area is 99.5 Å². The summed E-state index contributed by atoms with van der Waals surface area (Å²) in [6.45, 7) is 3.51. The number of likely N-dealkylation sites (tertiary alicyclic amines) is 1. The van der Waals surface area contributed by atoms with Crippen molar-refractivity contribution >= 4 is 0 Å². The van der Waals surface area contributed by atoms with Crippen LogP contribution in [0.3, 0.4) is 0 Å². The lowest BCUT2D eigenvalue weighted by atomic mass is 9.90. The van der Waals surface area contributed by atoms with Gasteiger partial charge in [-0.2, -0.15) is 0 Å². The Kier molecular flexibility index (Phi) is 4.62. The molecule has 1 heterocycles. The van der Waals surface area contributed by atoms with Gasteiger partial charge in [-0.3, -0.25) is 0 Å². The first-order chi connectivity index (χ1) is 7.83. The minimum atomic E-state index is 0.772. The highest BCUT2D eigenvalue weighted by Crippen LogP contribution is 2.27. The van der Waals surface area contributed by atoms with Crippen molar-refractivity contribution in [3.8, 4) is 0 Å². The van der Waals surface area contributed by atoms with Crippen LogP contribution in [0.25, 0.3) is 0 Å². The van der Waals surface area contributed by atoms with Crippen LogP contribution >= 0.6 is 0 Å². The summed E-state index contributed by atoms with van der Waals surface area (Å²) in [6.07, 6.45) is 6.80. The van der Waals surface area contributed by atoms with E-state index in [4.69, 9.17) is 4.74 Å². The van der Waals surface area contributed by atoms with Gasteiger partial charge in [0.25, 0.3) is 0 Å². The fourth-order valence-corrected chi connectivity index (χ4v) is 3.30. The van der Waals surface area contributed by atoms with E-state index >= 15 is 0 Å². The molecular weight excluding hydrogens is 200 g/mol. The fraction of sp³-hybridized carbons (Fsp3) is 1.00. The molecule has 0 spiro atoms. The summed E-state index contributed by atoms with van der Waals surface area (Å²) in [5.74, 6) is 0.784. The maximum absolute atomic E-state index is 5.26. The molecule has 0 aromatic rings. The van der Waals surface area contributed by atoms with Crippen LogP contribution in [0.4, 0.5) is 0 Å². The van der Waals surface area contributed by atoms with Crippen molar-refractivity contribution in [3.63, 3.8) is 0 Å². The molecule has 1 unspecified atom stereocenters. The maximum atomic E-state index is 5.26. The van der Waals surface area contributed by atoms with E-state index in [1.165, 1.54) is 45.2 Å².